The summed E-state index contributed by atoms with van der Waals surface area (Å²) in [4.78, 5) is 26.0. The molecular weight excluding hydrogens is 252 g/mol. The molecule has 2 unspecified atom stereocenters. The number of piperazine rings is 1. The molecule has 116 valence electrons. The quantitative estimate of drug-likeness (QED) is 0.696. The Morgan fingerprint density at radius 1 is 1.20 bits per heavy atom. The number of nitrogens with zero attached hydrogens (tertiary/aromatic N) is 1. The van der Waals surface area contributed by atoms with E-state index in [1.165, 1.54) is 19.3 Å². The van der Waals surface area contributed by atoms with Crippen LogP contribution < -0.4 is 5.32 Å². The van der Waals surface area contributed by atoms with E-state index in [0.717, 1.165) is 19.3 Å². The van der Waals surface area contributed by atoms with E-state index in [-0.39, 0.29) is 30.4 Å². The summed E-state index contributed by atoms with van der Waals surface area (Å²) in [6.45, 7) is 8.63. The van der Waals surface area contributed by atoms with Crippen LogP contribution in [0.15, 0.2) is 0 Å². The summed E-state index contributed by atoms with van der Waals surface area (Å²) < 4.78 is 0. The summed E-state index contributed by atoms with van der Waals surface area (Å²) in [5.41, 5.74) is 0. The van der Waals surface area contributed by atoms with Crippen molar-refractivity contribution in [2.24, 2.45) is 5.92 Å². The normalized spacial score (nSPS) is 21.2. The molecule has 0 spiro atoms. The van der Waals surface area contributed by atoms with Crippen LogP contribution in [0, 0.1) is 5.92 Å². The summed E-state index contributed by atoms with van der Waals surface area (Å²) in [6.07, 6.45) is 6.53. The maximum atomic E-state index is 12.4. The number of carbonyl (C=O) groups excluding carboxylic acids is 2. The third kappa shape index (κ3) is 5.14. The zero-order chi connectivity index (χ0) is 15.1. The van der Waals surface area contributed by atoms with Crippen LogP contribution >= 0.6 is 0 Å². The fraction of sp³-hybridized carbons (Fsp3) is 0.875. The number of hydrogen-bond acceptors (Lipinski definition) is 2. The third-order valence-electron chi connectivity index (χ3n) is 3.94. The highest BCUT2D eigenvalue weighted by Gasteiger charge is 2.34. The molecule has 4 heteroatoms. The van der Waals surface area contributed by atoms with Gasteiger partial charge in [0, 0.05) is 6.04 Å². The van der Waals surface area contributed by atoms with Gasteiger partial charge in [-0.05, 0) is 25.7 Å². The molecule has 20 heavy (non-hydrogen) atoms. The summed E-state index contributed by atoms with van der Waals surface area (Å²) in [7, 11) is 0. The number of unbranched alkanes of at least 4 members (excludes halogenated alkanes) is 3. The van der Waals surface area contributed by atoms with Crippen molar-refractivity contribution >= 4 is 11.8 Å². The average molecular weight is 282 g/mol. The highest BCUT2D eigenvalue weighted by Crippen LogP contribution is 2.17. The highest BCUT2D eigenvalue weighted by atomic mass is 16.2. The van der Waals surface area contributed by atoms with Crippen LogP contribution in [0.5, 0.6) is 0 Å². The summed E-state index contributed by atoms with van der Waals surface area (Å²) >= 11 is 0. The Balaban J connectivity index is 2.53. The van der Waals surface area contributed by atoms with Gasteiger partial charge < -0.3 is 10.2 Å². The van der Waals surface area contributed by atoms with Crippen molar-refractivity contribution in [1.29, 1.82) is 0 Å². The second-order valence-corrected chi connectivity index (χ2v) is 6.41. The van der Waals surface area contributed by atoms with Gasteiger partial charge in [-0.2, -0.15) is 0 Å². The lowest BCUT2D eigenvalue weighted by atomic mass is 9.99. The minimum absolute atomic E-state index is 0.0179. The molecule has 0 radical (unpaired) electrons. The monoisotopic (exact) mass is 282 g/mol. The van der Waals surface area contributed by atoms with Gasteiger partial charge >= 0.3 is 0 Å². The maximum Gasteiger partial charge on any atom is 0.245 e. The lowest BCUT2D eigenvalue weighted by Crippen LogP contribution is -2.60. The lowest BCUT2D eigenvalue weighted by molar-refractivity contribution is -0.146. The first-order valence-electron chi connectivity index (χ1n) is 8.05. The molecule has 0 aromatic carbocycles. The molecule has 1 N–H and O–H groups in total. The van der Waals surface area contributed by atoms with E-state index < -0.39 is 0 Å². The molecule has 0 saturated carbocycles. The SMILES string of the molecule is CCCCCCC(C)N1CC(=O)NC(CC(C)C)C1=O. The summed E-state index contributed by atoms with van der Waals surface area (Å²) in [5.74, 6) is 0.487. The second-order valence-electron chi connectivity index (χ2n) is 6.41. The van der Waals surface area contributed by atoms with E-state index in [4.69, 9.17) is 0 Å². The number of carbonyl (C=O) groups is 2. The summed E-state index contributed by atoms with van der Waals surface area (Å²) in [6, 6.07) is -0.158. The second kappa shape index (κ2) is 8.28. The first-order valence-corrected chi connectivity index (χ1v) is 8.05. The molecule has 1 heterocycles. The molecule has 1 aliphatic heterocycles. The van der Waals surface area contributed by atoms with Crippen molar-refractivity contribution < 1.29 is 9.59 Å². The van der Waals surface area contributed by atoms with E-state index in [9.17, 15) is 9.59 Å². The van der Waals surface area contributed by atoms with E-state index >= 15 is 0 Å². The molecular formula is C16H30N2O2. The fourth-order valence-electron chi connectivity index (χ4n) is 2.76. The first-order chi connectivity index (χ1) is 9.45. The topological polar surface area (TPSA) is 49.4 Å². The Hall–Kier alpha value is -1.06. The lowest BCUT2D eigenvalue weighted by Gasteiger charge is -2.37. The van der Waals surface area contributed by atoms with Crippen molar-refractivity contribution in [3.05, 3.63) is 0 Å². The van der Waals surface area contributed by atoms with Gasteiger partial charge in [0.1, 0.15) is 6.04 Å². The van der Waals surface area contributed by atoms with Gasteiger partial charge in [-0.3, -0.25) is 9.59 Å². The minimum atomic E-state index is -0.325. The van der Waals surface area contributed by atoms with Gasteiger partial charge in [-0.25, -0.2) is 0 Å². The molecule has 2 amide bonds. The van der Waals surface area contributed by atoms with Crippen LogP contribution in [0.1, 0.15) is 66.2 Å². The van der Waals surface area contributed by atoms with Crippen molar-refractivity contribution in [2.75, 3.05) is 6.54 Å². The van der Waals surface area contributed by atoms with Gasteiger partial charge in [-0.1, -0.05) is 46.5 Å². The van der Waals surface area contributed by atoms with Crippen LogP contribution in [0.3, 0.4) is 0 Å². The predicted molar refractivity (Wildman–Crippen MR) is 81.3 cm³/mol. The Kier molecular flexibility index (Phi) is 7.03. The average Bonchev–Trinajstić information content (AvgIpc) is 2.37. The number of amides is 2. The molecule has 1 saturated heterocycles. The van der Waals surface area contributed by atoms with Gasteiger partial charge in [0.25, 0.3) is 0 Å². The largest absolute Gasteiger partial charge is 0.343 e. The van der Waals surface area contributed by atoms with Gasteiger partial charge in [0.05, 0.1) is 6.54 Å². The molecule has 1 fully saturated rings. The molecule has 2 atom stereocenters. The Morgan fingerprint density at radius 2 is 1.90 bits per heavy atom. The molecule has 4 nitrogen and oxygen atoms in total. The smallest absolute Gasteiger partial charge is 0.245 e. The molecule has 0 aromatic rings. The van der Waals surface area contributed by atoms with Crippen molar-refractivity contribution in [3.63, 3.8) is 0 Å². The van der Waals surface area contributed by atoms with Crippen LogP contribution in [0.4, 0.5) is 0 Å². The van der Waals surface area contributed by atoms with E-state index in [0.29, 0.717) is 5.92 Å². The van der Waals surface area contributed by atoms with Crippen LogP contribution in [-0.4, -0.2) is 35.3 Å². The number of rotatable bonds is 8. The van der Waals surface area contributed by atoms with Crippen LogP contribution in [0.2, 0.25) is 0 Å². The van der Waals surface area contributed by atoms with E-state index in [1.54, 1.807) is 4.90 Å². The Bertz CT molecular complexity index is 328. The van der Waals surface area contributed by atoms with Crippen molar-refractivity contribution in [1.82, 2.24) is 10.2 Å². The van der Waals surface area contributed by atoms with Crippen molar-refractivity contribution in [2.45, 2.75) is 78.3 Å². The standard InChI is InChI=1S/C16H30N2O2/c1-5-6-7-8-9-13(4)18-11-15(19)17-14(16(18)20)10-12(2)3/h12-14H,5-11H2,1-4H3,(H,17,19). The number of nitrogens with one attached hydrogen (secondary N) is 1. The summed E-state index contributed by atoms with van der Waals surface area (Å²) in [5, 5.41) is 2.83. The fourth-order valence-corrected chi connectivity index (χ4v) is 2.76. The van der Waals surface area contributed by atoms with Gasteiger partial charge in [-0.15, -0.1) is 0 Å². The first kappa shape index (κ1) is 17.0. The van der Waals surface area contributed by atoms with E-state index in [2.05, 4.69) is 33.0 Å². The molecule has 0 aromatic heterocycles. The zero-order valence-electron chi connectivity index (χ0n) is 13.4. The highest BCUT2D eigenvalue weighted by molar-refractivity contribution is 5.95. The van der Waals surface area contributed by atoms with E-state index in [1.807, 2.05) is 0 Å². The van der Waals surface area contributed by atoms with Crippen molar-refractivity contribution in [3.8, 4) is 0 Å². The maximum absolute atomic E-state index is 12.4. The predicted octanol–water partition coefficient (Wildman–Crippen LogP) is 2.72. The van der Waals surface area contributed by atoms with Gasteiger partial charge in [0.2, 0.25) is 11.8 Å². The number of hydrogen-bond donors (Lipinski definition) is 1. The minimum Gasteiger partial charge on any atom is -0.343 e. The van der Waals surface area contributed by atoms with Gasteiger partial charge in [0.15, 0.2) is 0 Å². The molecule has 0 bridgehead atoms. The molecule has 0 aliphatic carbocycles. The Labute approximate surface area is 123 Å². The third-order valence-corrected chi connectivity index (χ3v) is 3.94. The molecule has 1 rings (SSSR count). The van der Waals surface area contributed by atoms with Crippen LogP contribution in [-0.2, 0) is 9.59 Å². The Morgan fingerprint density at radius 3 is 2.50 bits per heavy atom. The zero-order valence-corrected chi connectivity index (χ0v) is 13.4. The van der Waals surface area contributed by atoms with Crippen LogP contribution in [0.25, 0.3) is 0 Å². The molecule has 1 aliphatic rings.